The summed E-state index contributed by atoms with van der Waals surface area (Å²) < 4.78 is 6.39. The summed E-state index contributed by atoms with van der Waals surface area (Å²) in [6, 6.07) is 55.3. The summed E-state index contributed by atoms with van der Waals surface area (Å²) in [5.74, 6) is 1.74. The van der Waals surface area contributed by atoms with Crippen LogP contribution in [0.25, 0.3) is 32.7 Å². The molecule has 0 saturated heterocycles. The zero-order valence-corrected chi connectivity index (χ0v) is 25.6. The maximum absolute atomic E-state index is 6.39. The summed E-state index contributed by atoms with van der Waals surface area (Å²) in [5, 5.41) is 16.0. The Balaban J connectivity index is 1.21. The highest BCUT2D eigenvalue weighted by molar-refractivity contribution is 6.04. The molecule has 3 unspecified atom stereocenters. The standard InChI is InChI=1S/C42H32N4O/c1-3-14-28(15-4-1)39-44-40(29-16-5-2-6-17-29)46-41(45-39)38-30-18-8-7-13-27(30)23-24-34(38)33-25-26-35(32-20-10-9-19-31(32)33)42-43-36-21-11-12-22-37(36)47-42/h1-26,39,41-43,45H,(H,44,46). The first-order valence-corrected chi connectivity index (χ1v) is 16.1. The second-order valence-corrected chi connectivity index (χ2v) is 12.0. The monoisotopic (exact) mass is 608 g/mol. The molecule has 0 aromatic heterocycles. The van der Waals surface area contributed by atoms with E-state index in [2.05, 4.69) is 143 Å². The van der Waals surface area contributed by atoms with E-state index in [1.165, 1.54) is 32.8 Å². The summed E-state index contributed by atoms with van der Waals surface area (Å²) in [4.78, 5) is 5.18. The lowest BCUT2D eigenvalue weighted by Gasteiger charge is -2.34. The SMILES string of the molecule is c1ccc(C2=NC(c3ccccc3)NC(c3c(-c4ccc(C5Nc6ccccc6O5)c5ccccc45)ccc4ccccc34)N2)cc1. The Kier molecular flexibility index (Phi) is 6.69. The van der Waals surface area contributed by atoms with Gasteiger partial charge in [0, 0.05) is 16.7 Å². The van der Waals surface area contributed by atoms with Crippen molar-refractivity contribution < 1.29 is 4.74 Å². The average Bonchev–Trinajstić information content (AvgIpc) is 3.59. The number of anilines is 1. The molecule has 5 heteroatoms. The quantitative estimate of drug-likeness (QED) is 0.182. The van der Waals surface area contributed by atoms with Gasteiger partial charge in [-0.1, -0.05) is 146 Å². The van der Waals surface area contributed by atoms with E-state index in [1.807, 2.05) is 30.3 Å². The van der Waals surface area contributed by atoms with E-state index in [-0.39, 0.29) is 18.6 Å². The number of fused-ring (bicyclic) bond motifs is 3. The van der Waals surface area contributed by atoms with Gasteiger partial charge in [0.1, 0.15) is 23.9 Å². The summed E-state index contributed by atoms with van der Waals surface area (Å²) in [5.41, 5.74) is 7.83. The Hall–Kier alpha value is -5.91. The second-order valence-electron chi connectivity index (χ2n) is 12.0. The van der Waals surface area contributed by atoms with Gasteiger partial charge < -0.3 is 15.4 Å². The van der Waals surface area contributed by atoms with Gasteiger partial charge in [0.25, 0.3) is 0 Å². The summed E-state index contributed by atoms with van der Waals surface area (Å²) in [6.07, 6.45) is -0.710. The minimum Gasteiger partial charge on any atom is -0.464 e. The highest BCUT2D eigenvalue weighted by Crippen LogP contribution is 2.43. The van der Waals surface area contributed by atoms with Crippen LogP contribution in [0.3, 0.4) is 0 Å². The lowest BCUT2D eigenvalue weighted by atomic mass is 9.88. The van der Waals surface area contributed by atoms with Crippen LogP contribution in [-0.2, 0) is 0 Å². The molecule has 0 radical (unpaired) electrons. The maximum Gasteiger partial charge on any atom is 0.197 e. The highest BCUT2D eigenvalue weighted by atomic mass is 16.5. The van der Waals surface area contributed by atoms with E-state index in [4.69, 9.17) is 9.73 Å². The van der Waals surface area contributed by atoms with Gasteiger partial charge in [0.2, 0.25) is 0 Å². The van der Waals surface area contributed by atoms with Crippen molar-refractivity contribution in [2.24, 2.45) is 4.99 Å². The number of para-hydroxylation sites is 2. The highest BCUT2D eigenvalue weighted by Gasteiger charge is 2.30. The number of hydrogen-bond donors (Lipinski definition) is 3. The van der Waals surface area contributed by atoms with Crippen molar-refractivity contribution in [1.82, 2.24) is 10.6 Å². The first-order chi connectivity index (χ1) is 23.3. The van der Waals surface area contributed by atoms with Crippen molar-refractivity contribution in [2.75, 3.05) is 5.32 Å². The Morgan fingerprint density at radius 1 is 0.532 bits per heavy atom. The third-order valence-corrected chi connectivity index (χ3v) is 9.23. The fourth-order valence-electron chi connectivity index (χ4n) is 7.01. The molecule has 0 saturated carbocycles. The van der Waals surface area contributed by atoms with E-state index in [0.717, 1.165) is 39.3 Å². The molecule has 226 valence electrons. The summed E-state index contributed by atoms with van der Waals surface area (Å²) in [6.45, 7) is 0. The number of benzene rings is 7. The van der Waals surface area contributed by atoms with Gasteiger partial charge in [0.05, 0.1) is 5.69 Å². The van der Waals surface area contributed by atoms with Crippen LogP contribution < -0.4 is 20.7 Å². The van der Waals surface area contributed by atoms with Crippen LogP contribution in [0.4, 0.5) is 5.69 Å². The van der Waals surface area contributed by atoms with Crippen LogP contribution in [-0.4, -0.2) is 5.84 Å². The van der Waals surface area contributed by atoms with E-state index < -0.39 is 0 Å². The van der Waals surface area contributed by atoms with Crippen LogP contribution in [0.2, 0.25) is 0 Å². The second kappa shape index (κ2) is 11.5. The fourth-order valence-corrected chi connectivity index (χ4v) is 7.01. The van der Waals surface area contributed by atoms with E-state index >= 15 is 0 Å². The molecule has 3 atom stereocenters. The number of nitrogens with zero attached hydrogens (tertiary/aromatic N) is 1. The Bertz CT molecular complexity index is 2260. The summed E-state index contributed by atoms with van der Waals surface area (Å²) in [7, 11) is 0. The van der Waals surface area contributed by atoms with Crippen molar-refractivity contribution in [3.63, 3.8) is 0 Å². The molecule has 0 amide bonds. The minimum atomic E-state index is -0.264. The van der Waals surface area contributed by atoms with Crippen LogP contribution in [0.5, 0.6) is 5.75 Å². The van der Waals surface area contributed by atoms with Crippen LogP contribution in [0, 0.1) is 0 Å². The molecule has 7 aromatic carbocycles. The molecule has 47 heavy (non-hydrogen) atoms. The molecule has 2 aliphatic heterocycles. The number of rotatable bonds is 5. The molecule has 0 bridgehead atoms. The lowest BCUT2D eigenvalue weighted by Crippen LogP contribution is -2.45. The molecular weight excluding hydrogens is 576 g/mol. The number of aliphatic imine (C=N–C) groups is 1. The average molecular weight is 609 g/mol. The van der Waals surface area contributed by atoms with Crippen molar-refractivity contribution in [2.45, 2.75) is 18.6 Å². The number of hydrogen-bond acceptors (Lipinski definition) is 5. The molecule has 0 aliphatic carbocycles. The third-order valence-electron chi connectivity index (χ3n) is 9.23. The van der Waals surface area contributed by atoms with Gasteiger partial charge in [-0.05, 0) is 50.4 Å². The zero-order valence-electron chi connectivity index (χ0n) is 25.6. The molecule has 9 rings (SSSR count). The van der Waals surface area contributed by atoms with Crippen LogP contribution in [0.1, 0.15) is 40.8 Å². The number of nitrogens with one attached hydrogen (secondary N) is 3. The summed E-state index contributed by atoms with van der Waals surface area (Å²) >= 11 is 0. The third kappa shape index (κ3) is 4.89. The normalized spacial score (nSPS) is 18.6. The molecular formula is C42H32N4O. The van der Waals surface area contributed by atoms with Gasteiger partial charge in [-0.15, -0.1) is 0 Å². The Morgan fingerprint density at radius 2 is 1.21 bits per heavy atom. The predicted molar refractivity (Wildman–Crippen MR) is 191 cm³/mol. The van der Waals surface area contributed by atoms with Gasteiger partial charge in [0.15, 0.2) is 6.23 Å². The van der Waals surface area contributed by atoms with E-state index in [0.29, 0.717) is 0 Å². The topological polar surface area (TPSA) is 57.7 Å². The van der Waals surface area contributed by atoms with Gasteiger partial charge >= 0.3 is 0 Å². The largest absolute Gasteiger partial charge is 0.464 e. The van der Waals surface area contributed by atoms with Gasteiger partial charge in [-0.3, -0.25) is 5.32 Å². The van der Waals surface area contributed by atoms with Crippen LogP contribution >= 0.6 is 0 Å². The van der Waals surface area contributed by atoms with Gasteiger partial charge in [-0.25, -0.2) is 4.99 Å². The number of ether oxygens (including phenoxy) is 1. The molecule has 2 aliphatic rings. The molecule has 3 N–H and O–H groups in total. The van der Waals surface area contributed by atoms with Crippen molar-refractivity contribution in [3.05, 3.63) is 180 Å². The lowest BCUT2D eigenvalue weighted by molar-refractivity contribution is 0.261. The first kappa shape index (κ1) is 27.4. The van der Waals surface area contributed by atoms with E-state index in [1.54, 1.807) is 0 Å². The predicted octanol–water partition coefficient (Wildman–Crippen LogP) is 9.50. The molecule has 7 aromatic rings. The van der Waals surface area contributed by atoms with Crippen molar-refractivity contribution in [3.8, 4) is 16.9 Å². The Labute approximate surface area is 273 Å². The van der Waals surface area contributed by atoms with E-state index in [9.17, 15) is 0 Å². The first-order valence-electron chi connectivity index (χ1n) is 16.1. The van der Waals surface area contributed by atoms with Crippen molar-refractivity contribution >= 4 is 33.1 Å². The molecule has 5 nitrogen and oxygen atoms in total. The number of amidine groups is 1. The minimum absolute atomic E-state index is 0.221. The smallest absolute Gasteiger partial charge is 0.197 e. The fraction of sp³-hybridized carbons (Fsp3) is 0.0714. The molecule has 0 fully saturated rings. The Morgan fingerprint density at radius 3 is 2.04 bits per heavy atom. The zero-order chi connectivity index (χ0) is 31.2. The van der Waals surface area contributed by atoms with Crippen molar-refractivity contribution in [1.29, 1.82) is 0 Å². The van der Waals surface area contributed by atoms with Gasteiger partial charge in [-0.2, -0.15) is 0 Å². The molecule has 2 heterocycles. The molecule has 0 spiro atoms. The van der Waals surface area contributed by atoms with Crippen LogP contribution in [0.15, 0.2) is 163 Å². The maximum atomic E-state index is 6.39.